The molecule has 0 unspecified atom stereocenters. The van der Waals surface area contributed by atoms with Gasteiger partial charge in [0.2, 0.25) is 15.9 Å². The van der Waals surface area contributed by atoms with Gasteiger partial charge in [-0.15, -0.1) is 0 Å². The summed E-state index contributed by atoms with van der Waals surface area (Å²) in [6, 6.07) is 11.4. The van der Waals surface area contributed by atoms with Crippen molar-refractivity contribution in [2.45, 2.75) is 19.8 Å². The minimum atomic E-state index is -3.54. The quantitative estimate of drug-likeness (QED) is 0.635. The van der Waals surface area contributed by atoms with E-state index in [4.69, 9.17) is 11.6 Å². The van der Waals surface area contributed by atoms with Crippen LogP contribution in [0.15, 0.2) is 42.5 Å². The van der Waals surface area contributed by atoms with Crippen molar-refractivity contribution in [1.82, 2.24) is 0 Å². The van der Waals surface area contributed by atoms with Crippen molar-refractivity contribution < 1.29 is 22.7 Å². The number of anilines is 2. The van der Waals surface area contributed by atoms with Crippen molar-refractivity contribution in [3.63, 3.8) is 0 Å². The molecule has 0 heterocycles. The molecule has 0 radical (unpaired) electrons. The molecule has 0 aliphatic heterocycles. The first kappa shape index (κ1) is 22.7. The number of nitrogens with zero attached hydrogens (tertiary/aromatic N) is 1. The number of carbonyl (C=O) groups is 2. The van der Waals surface area contributed by atoms with Gasteiger partial charge in [-0.05, 0) is 49.2 Å². The van der Waals surface area contributed by atoms with Gasteiger partial charge in [-0.2, -0.15) is 0 Å². The van der Waals surface area contributed by atoms with Crippen molar-refractivity contribution in [1.29, 1.82) is 0 Å². The van der Waals surface area contributed by atoms with Crippen LogP contribution >= 0.6 is 11.6 Å². The molecule has 0 spiro atoms. The Labute approximate surface area is 175 Å². The van der Waals surface area contributed by atoms with Gasteiger partial charge < -0.3 is 10.1 Å². The third kappa shape index (κ3) is 6.47. The normalized spacial score (nSPS) is 11.0. The van der Waals surface area contributed by atoms with Crippen LogP contribution in [0.1, 0.15) is 28.8 Å². The standard InChI is InChI=1S/C20H23ClN2O5S/c1-14-9-10-16(21)13-18(14)23(29(3,26)27)11-5-8-19(24)22-17-7-4-6-15(12-17)20(25)28-2/h4,6-7,9-10,12-13H,5,8,11H2,1-3H3,(H,22,24). The number of hydrogen-bond donors (Lipinski definition) is 1. The molecule has 29 heavy (non-hydrogen) atoms. The summed E-state index contributed by atoms with van der Waals surface area (Å²) in [5.41, 5.74) is 2.05. The van der Waals surface area contributed by atoms with Gasteiger partial charge in [-0.3, -0.25) is 9.10 Å². The van der Waals surface area contributed by atoms with Crippen LogP contribution in [0.25, 0.3) is 0 Å². The topological polar surface area (TPSA) is 92.8 Å². The van der Waals surface area contributed by atoms with Gasteiger partial charge >= 0.3 is 5.97 Å². The minimum Gasteiger partial charge on any atom is -0.465 e. The number of esters is 1. The molecular weight excluding hydrogens is 416 g/mol. The fourth-order valence-corrected chi connectivity index (χ4v) is 3.95. The second kappa shape index (κ2) is 9.76. The fraction of sp³-hybridized carbons (Fsp3) is 0.300. The lowest BCUT2D eigenvalue weighted by molar-refractivity contribution is -0.116. The van der Waals surface area contributed by atoms with Crippen LogP contribution < -0.4 is 9.62 Å². The van der Waals surface area contributed by atoms with E-state index in [0.29, 0.717) is 28.4 Å². The molecule has 0 aliphatic rings. The highest BCUT2D eigenvalue weighted by atomic mass is 35.5. The van der Waals surface area contributed by atoms with Gasteiger partial charge in [0, 0.05) is 23.7 Å². The van der Waals surface area contributed by atoms with Crippen LogP contribution in [0.5, 0.6) is 0 Å². The summed E-state index contributed by atoms with van der Waals surface area (Å²) in [7, 11) is -2.26. The van der Waals surface area contributed by atoms with E-state index in [1.807, 2.05) is 0 Å². The highest BCUT2D eigenvalue weighted by Crippen LogP contribution is 2.26. The van der Waals surface area contributed by atoms with Crippen molar-refractivity contribution in [2.75, 3.05) is 29.5 Å². The van der Waals surface area contributed by atoms with E-state index in [2.05, 4.69) is 10.1 Å². The molecule has 0 aliphatic carbocycles. The Kier molecular flexibility index (Phi) is 7.64. The zero-order chi connectivity index (χ0) is 21.6. The number of benzene rings is 2. The van der Waals surface area contributed by atoms with Gasteiger partial charge in [0.05, 0.1) is 24.6 Å². The number of halogens is 1. The molecule has 0 atom stereocenters. The highest BCUT2D eigenvalue weighted by molar-refractivity contribution is 7.92. The summed E-state index contributed by atoms with van der Waals surface area (Å²) in [4.78, 5) is 23.8. The molecular formula is C20H23ClN2O5S. The van der Waals surface area contributed by atoms with Crippen molar-refractivity contribution in [3.05, 3.63) is 58.6 Å². The number of hydrogen-bond acceptors (Lipinski definition) is 5. The Morgan fingerprint density at radius 2 is 1.90 bits per heavy atom. The maximum absolute atomic E-state index is 12.2. The smallest absolute Gasteiger partial charge is 0.337 e. The SMILES string of the molecule is COC(=O)c1cccc(NC(=O)CCCN(c2cc(Cl)ccc2C)S(C)(=O)=O)c1. The molecule has 7 nitrogen and oxygen atoms in total. The van der Waals surface area contributed by atoms with Crippen molar-refractivity contribution >= 4 is 44.9 Å². The molecule has 1 amide bonds. The summed E-state index contributed by atoms with van der Waals surface area (Å²) in [5.74, 6) is -0.787. The second-order valence-corrected chi connectivity index (χ2v) is 8.83. The lowest BCUT2D eigenvalue weighted by atomic mass is 10.2. The maximum Gasteiger partial charge on any atom is 0.337 e. The summed E-state index contributed by atoms with van der Waals surface area (Å²) in [6.45, 7) is 1.93. The zero-order valence-corrected chi connectivity index (χ0v) is 18.0. The van der Waals surface area contributed by atoms with Crippen LogP contribution in [0, 0.1) is 6.92 Å². The first-order valence-electron chi connectivity index (χ1n) is 8.84. The van der Waals surface area contributed by atoms with E-state index in [0.717, 1.165) is 11.8 Å². The van der Waals surface area contributed by atoms with Crippen molar-refractivity contribution in [2.24, 2.45) is 0 Å². The molecule has 156 valence electrons. The largest absolute Gasteiger partial charge is 0.465 e. The van der Waals surface area contributed by atoms with E-state index in [1.165, 1.54) is 17.5 Å². The zero-order valence-electron chi connectivity index (χ0n) is 16.4. The van der Waals surface area contributed by atoms with E-state index >= 15 is 0 Å². The number of aryl methyl sites for hydroxylation is 1. The molecule has 0 saturated heterocycles. The van der Waals surface area contributed by atoms with E-state index in [-0.39, 0.29) is 18.9 Å². The summed E-state index contributed by atoms with van der Waals surface area (Å²) >= 11 is 6.01. The van der Waals surface area contributed by atoms with E-state index in [1.54, 1.807) is 43.3 Å². The highest BCUT2D eigenvalue weighted by Gasteiger charge is 2.20. The monoisotopic (exact) mass is 438 g/mol. The third-order valence-corrected chi connectivity index (χ3v) is 5.59. The second-order valence-electron chi connectivity index (χ2n) is 6.49. The Balaban J connectivity index is 2.02. The number of nitrogens with one attached hydrogen (secondary N) is 1. The number of ether oxygens (including phenoxy) is 1. The molecule has 1 N–H and O–H groups in total. The molecule has 0 bridgehead atoms. The predicted octanol–water partition coefficient (Wildman–Crippen LogP) is 3.62. The number of rotatable bonds is 8. The number of sulfonamides is 1. The number of methoxy groups -OCH3 is 1. The summed E-state index contributed by atoms with van der Waals surface area (Å²) in [6.07, 6.45) is 1.53. The molecule has 2 aromatic carbocycles. The van der Waals surface area contributed by atoms with Gasteiger partial charge in [0.25, 0.3) is 0 Å². The Hall–Kier alpha value is -2.58. The predicted molar refractivity (Wildman–Crippen MR) is 114 cm³/mol. The minimum absolute atomic E-state index is 0.105. The van der Waals surface area contributed by atoms with E-state index in [9.17, 15) is 18.0 Å². The fourth-order valence-electron chi connectivity index (χ4n) is 2.76. The lowest BCUT2D eigenvalue weighted by Crippen LogP contribution is -2.32. The summed E-state index contributed by atoms with van der Waals surface area (Å²) < 4.78 is 30.4. The first-order chi connectivity index (χ1) is 13.6. The Bertz CT molecular complexity index is 1010. The van der Waals surface area contributed by atoms with Crippen molar-refractivity contribution in [3.8, 4) is 0 Å². The lowest BCUT2D eigenvalue weighted by Gasteiger charge is -2.24. The molecule has 2 aromatic rings. The van der Waals surface area contributed by atoms with Crippen LogP contribution in [0.3, 0.4) is 0 Å². The van der Waals surface area contributed by atoms with Gasteiger partial charge in [0.15, 0.2) is 0 Å². The summed E-state index contributed by atoms with van der Waals surface area (Å²) in [5, 5.41) is 3.13. The Morgan fingerprint density at radius 1 is 1.17 bits per heavy atom. The first-order valence-corrected chi connectivity index (χ1v) is 11.1. The third-order valence-electron chi connectivity index (χ3n) is 4.17. The average molecular weight is 439 g/mol. The van der Waals surface area contributed by atoms with Gasteiger partial charge in [0.1, 0.15) is 0 Å². The van der Waals surface area contributed by atoms with Crippen LogP contribution in [-0.4, -0.2) is 40.2 Å². The van der Waals surface area contributed by atoms with Gasteiger partial charge in [-0.1, -0.05) is 23.7 Å². The maximum atomic E-state index is 12.2. The molecule has 0 aromatic heterocycles. The molecule has 0 fully saturated rings. The Morgan fingerprint density at radius 3 is 2.55 bits per heavy atom. The van der Waals surface area contributed by atoms with Crippen LogP contribution in [-0.2, 0) is 19.6 Å². The molecule has 0 saturated carbocycles. The van der Waals surface area contributed by atoms with Gasteiger partial charge in [-0.25, -0.2) is 13.2 Å². The average Bonchev–Trinajstić information content (AvgIpc) is 2.66. The van der Waals surface area contributed by atoms with E-state index < -0.39 is 16.0 Å². The van der Waals surface area contributed by atoms with Crippen LogP contribution in [0.4, 0.5) is 11.4 Å². The van der Waals surface area contributed by atoms with Crippen LogP contribution in [0.2, 0.25) is 5.02 Å². The molecule has 2 rings (SSSR count). The number of carbonyl (C=O) groups excluding carboxylic acids is 2. The number of amides is 1. The molecule has 9 heteroatoms.